The Labute approximate surface area is 94.5 Å². The largest absolute Gasteiger partial charge is 0.463 e. The molecule has 1 rings (SSSR count). The zero-order valence-electron chi connectivity index (χ0n) is 9.53. The summed E-state index contributed by atoms with van der Waals surface area (Å²) in [6.07, 6.45) is 2.88. The van der Waals surface area contributed by atoms with Gasteiger partial charge in [0.2, 0.25) is 5.76 Å². The molecular weight excluding hydrogens is 208 g/mol. The van der Waals surface area contributed by atoms with Crippen molar-refractivity contribution in [3.8, 4) is 0 Å². The highest BCUT2D eigenvalue weighted by molar-refractivity contribution is 5.86. The van der Waals surface area contributed by atoms with Crippen LogP contribution in [0.2, 0.25) is 0 Å². The number of carbonyl (C=O) groups is 1. The molecule has 0 aliphatic rings. The van der Waals surface area contributed by atoms with E-state index in [4.69, 9.17) is 4.42 Å². The Morgan fingerprint density at radius 1 is 1.69 bits per heavy atom. The lowest BCUT2D eigenvalue weighted by molar-refractivity contribution is 0.0234. The van der Waals surface area contributed by atoms with Crippen molar-refractivity contribution in [2.75, 3.05) is 7.11 Å². The first kappa shape index (κ1) is 12.5. The molecule has 1 atom stereocenters. The number of ether oxygens (including phenoxy) is 1. The highest BCUT2D eigenvalue weighted by Gasteiger charge is 2.27. The smallest absolute Gasteiger partial charge is 0.373 e. The molecule has 0 fully saturated rings. The van der Waals surface area contributed by atoms with Gasteiger partial charge in [-0.3, -0.25) is 0 Å². The third kappa shape index (κ3) is 2.73. The minimum Gasteiger partial charge on any atom is -0.463 e. The first-order valence-corrected chi connectivity index (χ1v) is 5.03. The van der Waals surface area contributed by atoms with Crippen molar-refractivity contribution in [1.29, 1.82) is 0 Å². The van der Waals surface area contributed by atoms with Gasteiger partial charge in [0.25, 0.3) is 0 Å². The fourth-order valence-corrected chi connectivity index (χ4v) is 1.34. The van der Waals surface area contributed by atoms with E-state index in [0.29, 0.717) is 18.6 Å². The van der Waals surface area contributed by atoms with Crippen molar-refractivity contribution in [3.63, 3.8) is 0 Å². The van der Waals surface area contributed by atoms with Crippen LogP contribution < -0.4 is 0 Å². The average molecular weight is 224 g/mol. The van der Waals surface area contributed by atoms with Gasteiger partial charge in [-0.05, 0) is 31.9 Å². The maximum atomic E-state index is 11.2. The normalized spacial score (nSPS) is 14.2. The molecule has 4 nitrogen and oxygen atoms in total. The molecule has 0 aliphatic heterocycles. The molecule has 1 unspecified atom stereocenters. The monoisotopic (exact) mass is 224 g/mol. The fourth-order valence-electron chi connectivity index (χ4n) is 1.34. The van der Waals surface area contributed by atoms with Crippen LogP contribution in [-0.2, 0) is 10.3 Å². The summed E-state index contributed by atoms with van der Waals surface area (Å²) in [5, 5.41) is 10.1. The lowest BCUT2D eigenvalue weighted by Crippen LogP contribution is -2.19. The summed E-state index contributed by atoms with van der Waals surface area (Å²) in [4.78, 5) is 11.2. The van der Waals surface area contributed by atoms with E-state index in [2.05, 4.69) is 11.3 Å². The van der Waals surface area contributed by atoms with Crippen LogP contribution in [0.15, 0.2) is 29.2 Å². The van der Waals surface area contributed by atoms with Gasteiger partial charge in [0.1, 0.15) is 11.4 Å². The first-order valence-electron chi connectivity index (χ1n) is 5.03. The molecule has 88 valence electrons. The van der Waals surface area contributed by atoms with Crippen molar-refractivity contribution in [2.24, 2.45) is 0 Å². The first-order chi connectivity index (χ1) is 7.51. The number of methoxy groups -OCH3 is 1. The maximum Gasteiger partial charge on any atom is 0.373 e. The molecule has 1 aromatic rings. The molecule has 0 spiro atoms. The van der Waals surface area contributed by atoms with Gasteiger partial charge in [0.15, 0.2) is 0 Å². The molecule has 0 saturated heterocycles. The van der Waals surface area contributed by atoms with Gasteiger partial charge in [-0.1, -0.05) is 6.08 Å². The van der Waals surface area contributed by atoms with Crippen LogP contribution in [0.5, 0.6) is 0 Å². The Morgan fingerprint density at radius 3 is 2.94 bits per heavy atom. The summed E-state index contributed by atoms with van der Waals surface area (Å²) in [6.45, 7) is 5.22. The quantitative estimate of drug-likeness (QED) is 0.615. The number of allylic oxidation sites excluding steroid dienone is 1. The van der Waals surface area contributed by atoms with Gasteiger partial charge < -0.3 is 14.3 Å². The highest BCUT2D eigenvalue weighted by atomic mass is 16.5. The third-order valence-corrected chi connectivity index (χ3v) is 2.36. The van der Waals surface area contributed by atoms with Crippen molar-refractivity contribution in [3.05, 3.63) is 36.3 Å². The molecule has 0 aliphatic carbocycles. The van der Waals surface area contributed by atoms with Crippen LogP contribution in [0.25, 0.3) is 0 Å². The van der Waals surface area contributed by atoms with Crippen LogP contribution in [0.4, 0.5) is 0 Å². The molecular formula is C12H16O4. The zero-order chi connectivity index (χ0) is 12.2. The number of aliphatic hydroxyl groups is 1. The van der Waals surface area contributed by atoms with E-state index in [1.54, 1.807) is 19.1 Å². The second-order valence-corrected chi connectivity index (χ2v) is 3.76. The molecule has 0 amide bonds. The number of furan rings is 1. The van der Waals surface area contributed by atoms with E-state index in [-0.39, 0.29) is 5.76 Å². The standard InChI is InChI=1S/C12H16O4/c1-4-5-8-12(2,14)10-7-6-9(16-10)11(13)15-3/h4,6-7,14H,1,5,8H2,2-3H3. The van der Waals surface area contributed by atoms with Gasteiger partial charge in [-0.2, -0.15) is 0 Å². The molecule has 0 radical (unpaired) electrons. The zero-order valence-corrected chi connectivity index (χ0v) is 9.53. The Morgan fingerprint density at radius 2 is 2.38 bits per heavy atom. The van der Waals surface area contributed by atoms with Crippen molar-refractivity contribution < 1.29 is 19.1 Å². The number of esters is 1. The topological polar surface area (TPSA) is 59.7 Å². The molecule has 0 bridgehead atoms. The van der Waals surface area contributed by atoms with E-state index in [1.165, 1.54) is 13.2 Å². The number of rotatable bonds is 5. The molecule has 1 heterocycles. The summed E-state index contributed by atoms with van der Waals surface area (Å²) in [5.41, 5.74) is -1.10. The molecule has 1 aromatic heterocycles. The lowest BCUT2D eigenvalue weighted by atomic mass is 9.97. The van der Waals surface area contributed by atoms with E-state index >= 15 is 0 Å². The van der Waals surface area contributed by atoms with Crippen LogP contribution in [0, 0.1) is 0 Å². The van der Waals surface area contributed by atoms with Crippen LogP contribution in [0.1, 0.15) is 36.1 Å². The summed E-state index contributed by atoms with van der Waals surface area (Å²) < 4.78 is 9.75. The second-order valence-electron chi connectivity index (χ2n) is 3.76. The Hall–Kier alpha value is -1.55. The maximum absolute atomic E-state index is 11.2. The van der Waals surface area contributed by atoms with E-state index < -0.39 is 11.6 Å². The van der Waals surface area contributed by atoms with Crippen LogP contribution >= 0.6 is 0 Å². The number of carbonyl (C=O) groups excluding carboxylic acids is 1. The van der Waals surface area contributed by atoms with Gasteiger partial charge in [0.05, 0.1) is 7.11 Å². The van der Waals surface area contributed by atoms with Crippen molar-refractivity contribution >= 4 is 5.97 Å². The summed E-state index contributed by atoms with van der Waals surface area (Å²) in [7, 11) is 1.28. The van der Waals surface area contributed by atoms with E-state index in [0.717, 1.165) is 0 Å². The van der Waals surface area contributed by atoms with E-state index in [9.17, 15) is 9.90 Å². The average Bonchev–Trinajstić information content (AvgIpc) is 2.75. The predicted octanol–water partition coefficient (Wildman–Crippen LogP) is 2.24. The SMILES string of the molecule is C=CCCC(C)(O)c1ccc(C(=O)OC)o1. The highest BCUT2D eigenvalue weighted by Crippen LogP contribution is 2.27. The van der Waals surface area contributed by atoms with Crippen LogP contribution in [0.3, 0.4) is 0 Å². The van der Waals surface area contributed by atoms with Gasteiger partial charge in [-0.15, -0.1) is 6.58 Å². The second kappa shape index (κ2) is 4.99. The van der Waals surface area contributed by atoms with Crippen molar-refractivity contribution in [2.45, 2.75) is 25.4 Å². The minimum absolute atomic E-state index is 0.0939. The molecule has 1 N–H and O–H groups in total. The Bertz CT molecular complexity index is 376. The number of hydrogen-bond donors (Lipinski definition) is 1. The number of hydrogen-bond acceptors (Lipinski definition) is 4. The van der Waals surface area contributed by atoms with Gasteiger partial charge in [-0.25, -0.2) is 4.79 Å². The fraction of sp³-hybridized carbons (Fsp3) is 0.417. The summed E-state index contributed by atoms with van der Waals surface area (Å²) in [6, 6.07) is 3.07. The summed E-state index contributed by atoms with van der Waals surface area (Å²) in [5.74, 6) is -0.100. The summed E-state index contributed by atoms with van der Waals surface area (Å²) >= 11 is 0. The predicted molar refractivity (Wildman–Crippen MR) is 59.0 cm³/mol. The van der Waals surface area contributed by atoms with E-state index in [1.807, 2.05) is 0 Å². The molecule has 16 heavy (non-hydrogen) atoms. The van der Waals surface area contributed by atoms with Gasteiger partial charge in [0, 0.05) is 0 Å². The third-order valence-electron chi connectivity index (χ3n) is 2.36. The Kier molecular flexibility index (Phi) is 3.90. The Balaban J connectivity index is 2.83. The molecule has 0 saturated carbocycles. The van der Waals surface area contributed by atoms with Crippen LogP contribution in [-0.4, -0.2) is 18.2 Å². The van der Waals surface area contributed by atoms with Crippen molar-refractivity contribution in [1.82, 2.24) is 0 Å². The molecule has 0 aromatic carbocycles. The lowest BCUT2D eigenvalue weighted by Gasteiger charge is -2.19. The minimum atomic E-state index is -1.10. The molecule has 4 heteroatoms. The van der Waals surface area contributed by atoms with Gasteiger partial charge >= 0.3 is 5.97 Å².